The van der Waals surface area contributed by atoms with Gasteiger partial charge in [-0.3, -0.25) is 0 Å². The van der Waals surface area contributed by atoms with Crippen molar-refractivity contribution in [2.45, 2.75) is 19.3 Å². The van der Waals surface area contributed by atoms with Crippen LogP contribution in [0.3, 0.4) is 0 Å². The van der Waals surface area contributed by atoms with E-state index in [0.29, 0.717) is 0 Å². The highest BCUT2D eigenvalue weighted by molar-refractivity contribution is 7.26. The molecule has 212 valence electrons. The first-order valence-corrected chi connectivity index (χ1v) is 16.2. The molecule has 0 spiro atoms. The van der Waals surface area contributed by atoms with E-state index in [1.54, 1.807) is 0 Å². The summed E-state index contributed by atoms with van der Waals surface area (Å²) < 4.78 is 5.22. The lowest BCUT2D eigenvalue weighted by Gasteiger charge is -2.35. The summed E-state index contributed by atoms with van der Waals surface area (Å²) in [7, 11) is 0. The average Bonchev–Trinajstić information content (AvgIpc) is 3.62. The SMILES string of the molecule is CC1(C)c2cc(-c3nc(-c4ccc5ccccc5c4)nc4ccccc34)ccc2-n2c3c1cccc3c1sc3ccccc3c12. The third-order valence-corrected chi connectivity index (χ3v) is 11.0. The summed E-state index contributed by atoms with van der Waals surface area (Å²) >= 11 is 1.90. The van der Waals surface area contributed by atoms with E-state index in [-0.39, 0.29) is 5.41 Å². The highest BCUT2D eigenvalue weighted by Gasteiger charge is 2.36. The van der Waals surface area contributed by atoms with Crippen molar-refractivity contribution in [3.8, 4) is 28.3 Å². The van der Waals surface area contributed by atoms with E-state index in [9.17, 15) is 0 Å². The van der Waals surface area contributed by atoms with Crippen LogP contribution in [0.5, 0.6) is 0 Å². The van der Waals surface area contributed by atoms with Crippen LogP contribution in [-0.2, 0) is 5.41 Å². The molecule has 0 fully saturated rings. The van der Waals surface area contributed by atoms with Crippen LogP contribution in [0, 0.1) is 0 Å². The van der Waals surface area contributed by atoms with E-state index in [2.05, 4.69) is 146 Å². The Kier molecular flexibility index (Phi) is 4.94. The van der Waals surface area contributed by atoms with Gasteiger partial charge in [-0.1, -0.05) is 111 Å². The van der Waals surface area contributed by atoms with Crippen molar-refractivity contribution in [3.05, 3.63) is 139 Å². The molecule has 0 saturated heterocycles. The minimum Gasteiger partial charge on any atom is -0.307 e. The Bertz CT molecular complexity index is 2690. The van der Waals surface area contributed by atoms with Gasteiger partial charge in [0.1, 0.15) is 0 Å². The summed E-state index contributed by atoms with van der Waals surface area (Å²) in [6, 6.07) is 45.9. The predicted octanol–water partition coefficient (Wildman–Crippen LogP) is 11.1. The molecular formula is C41H27N3S. The zero-order chi connectivity index (χ0) is 29.9. The van der Waals surface area contributed by atoms with Gasteiger partial charge in [0.15, 0.2) is 5.82 Å². The van der Waals surface area contributed by atoms with Crippen molar-refractivity contribution in [2.24, 2.45) is 0 Å². The molecule has 1 aliphatic heterocycles. The summed E-state index contributed by atoms with van der Waals surface area (Å²) in [5.74, 6) is 0.746. The number of rotatable bonds is 2. The quantitative estimate of drug-likeness (QED) is 0.200. The second kappa shape index (κ2) is 8.87. The van der Waals surface area contributed by atoms with Crippen LogP contribution in [0.15, 0.2) is 127 Å². The zero-order valence-corrected chi connectivity index (χ0v) is 25.7. The lowest BCUT2D eigenvalue weighted by molar-refractivity contribution is 0.630. The molecule has 4 heterocycles. The van der Waals surface area contributed by atoms with E-state index in [1.807, 2.05) is 11.3 Å². The van der Waals surface area contributed by atoms with Crippen LogP contribution in [0.2, 0.25) is 0 Å². The Morgan fingerprint density at radius 2 is 1.33 bits per heavy atom. The van der Waals surface area contributed by atoms with Crippen molar-refractivity contribution < 1.29 is 0 Å². The van der Waals surface area contributed by atoms with E-state index in [0.717, 1.165) is 33.5 Å². The smallest absolute Gasteiger partial charge is 0.160 e. The van der Waals surface area contributed by atoms with Crippen LogP contribution in [-0.4, -0.2) is 14.5 Å². The van der Waals surface area contributed by atoms with Gasteiger partial charge in [0.2, 0.25) is 0 Å². The monoisotopic (exact) mass is 593 g/mol. The largest absolute Gasteiger partial charge is 0.307 e. The highest BCUT2D eigenvalue weighted by atomic mass is 32.1. The number of para-hydroxylation sites is 2. The molecule has 3 nitrogen and oxygen atoms in total. The maximum atomic E-state index is 5.28. The molecule has 9 aromatic rings. The minimum absolute atomic E-state index is 0.193. The topological polar surface area (TPSA) is 30.7 Å². The first-order valence-electron chi connectivity index (χ1n) is 15.4. The van der Waals surface area contributed by atoms with E-state index >= 15 is 0 Å². The Morgan fingerprint density at radius 1 is 0.578 bits per heavy atom. The van der Waals surface area contributed by atoms with Crippen LogP contribution in [0.4, 0.5) is 0 Å². The zero-order valence-electron chi connectivity index (χ0n) is 24.9. The molecule has 3 aromatic heterocycles. The fourth-order valence-electron chi connectivity index (χ4n) is 7.54. The lowest BCUT2D eigenvalue weighted by Crippen LogP contribution is -2.26. The molecule has 4 heteroatoms. The molecule has 0 saturated carbocycles. The normalized spacial score (nSPS) is 13.7. The first kappa shape index (κ1) is 25.1. The van der Waals surface area contributed by atoms with Gasteiger partial charge in [0.05, 0.1) is 32.6 Å². The van der Waals surface area contributed by atoms with Crippen LogP contribution in [0.1, 0.15) is 25.0 Å². The van der Waals surface area contributed by atoms with Crippen molar-refractivity contribution >= 4 is 64.2 Å². The third kappa shape index (κ3) is 3.40. The molecule has 0 atom stereocenters. The molecule has 0 aliphatic carbocycles. The van der Waals surface area contributed by atoms with Gasteiger partial charge in [0.25, 0.3) is 0 Å². The standard InChI is InChI=1S/C41H27N3S/c1-41(2)31-15-9-14-30-37(31)44(38-29-13-6-8-17-35(29)45-39(30)38)34-21-20-26(23-32(34)41)36-28-12-5-7-16-33(28)42-40(43-36)27-19-18-24-10-3-4-11-25(24)22-27/h3-23H,1-2H3. The molecule has 10 rings (SSSR count). The van der Waals surface area contributed by atoms with Gasteiger partial charge in [-0.15, -0.1) is 11.3 Å². The second-order valence-electron chi connectivity index (χ2n) is 12.6. The van der Waals surface area contributed by atoms with Crippen LogP contribution in [0.25, 0.3) is 81.2 Å². The van der Waals surface area contributed by atoms with Crippen LogP contribution >= 0.6 is 11.3 Å². The highest BCUT2D eigenvalue weighted by Crippen LogP contribution is 2.51. The van der Waals surface area contributed by atoms with E-state index < -0.39 is 0 Å². The predicted molar refractivity (Wildman–Crippen MR) is 190 cm³/mol. The Hall–Kier alpha value is -5.32. The van der Waals surface area contributed by atoms with Gasteiger partial charge in [0, 0.05) is 37.4 Å². The van der Waals surface area contributed by atoms with Crippen molar-refractivity contribution in [2.75, 3.05) is 0 Å². The van der Waals surface area contributed by atoms with Crippen molar-refractivity contribution in [3.63, 3.8) is 0 Å². The molecule has 45 heavy (non-hydrogen) atoms. The number of aromatic nitrogens is 3. The van der Waals surface area contributed by atoms with E-state index in [4.69, 9.17) is 9.97 Å². The Balaban J connectivity index is 1.24. The number of fused-ring (bicyclic) bond motifs is 9. The molecule has 0 unspecified atom stereocenters. The molecule has 0 amide bonds. The molecule has 0 N–H and O–H groups in total. The summed E-state index contributed by atoms with van der Waals surface area (Å²) in [5.41, 5.74) is 10.4. The van der Waals surface area contributed by atoms with Crippen LogP contribution < -0.4 is 0 Å². The summed E-state index contributed by atoms with van der Waals surface area (Å²) in [6.45, 7) is 4.73. The summed E-state index contributed by atoms with van der Waals surface area (Å²) in [5, 5.41) is 6.12. The fourth-order valence-corrected chi connectivity index (χ4v) is 8.75. The lowest BCUT2D eigenvalue weighted by atomic mass is 9.74. The fraction of sp³-hybridized carbons (Fsp3) is 0.0732. The Labute approximate surface area is 264 Å². The van der Waals surface area contributed by atoms with Gasteiger partial charge >= 0.3 is 0 Å². The summed E-state index contributed by atoms with van der Waals surface area (Å²) in [6.07, 6.45) is 0. The number of hydrogen-bond acceptors (Lipinski definition) is 3. The van der Waals surface area contributed by atoms with Crippen molar-refractivity contribution in [1.29, 1.82) is 0 Å². The van der Waals surface area contributed by atoms with Gasteiger partial charge in [-0.2, -0.15) is 0 Å². The number of benzene rings is 6. The first-order chi connectivity index (χ1) is 22.1. The maximum Gasteiger partial charge on any atom is 0.160 e. The third-order valence-electron chi connectivity index (χ3n) is 9.77. The molecule has 0 radical (unpaired) electrons. The van der Waals surface area contributed by atoms with E-state index in [1.165, 1.54) is 58.8 Å². The number of nitrogens with zero attached hydrogens (tertiary/aromatic N) is 3. The van der Waals surface area contributed by atoms with Gasteiger partial charge in [-0.25, -0.2) is 9.97 Å². The van der Waals surface area contributed by atoms with Gasteiger partial charge < -0.3 is 4.57 Å². The van der Waals surface area contributed by atoms with Crippen molar-refractivity contribution in [1.82, 2.24) is 14.5 Å². The number of hydrogen-bond donors (Lipinski definition) is 0. The molecular weight excluding hydrogens is 567 g/mol. The van der Waals surface area contributed by atoms with Gasteiger partial charge in [-0.05, 0) is 52.2 Å². The maximum absolute atomic E-state index is 5.28. The number of thiophene rings is 1. The average molecular weight is 594 g/mol. The molecule has 0 bridgehead atoms. The second-order valence-corrected chi connectivity index (χ2v) is 13.7. The summed E-state index contributed by atoms with van der Waals surface area (Å²) in [4.78, 5) is 10.3. The molecule has 6 aromatic carbocycles. The minimum atomic E-state index is -0.193. The Morgan fingerprint density at radius 3 is 2.24 bits per heavy atom. The molecule has 1 aliphatic rings.